The van der Waals surface area contributed by atoms with Crippen LogP contribution in [-0.2, 0) is 6.54 Å². The van der Waals surface area contributed by atoms with Gasteiger partial charge in [0.25, 0.3) is 0 Å². The van der Waals surface area contributed by atoms with Crippen LogP contribution in [-0.4, -0.2) is 14.2 Å². The smallest absolute Gasteiger partial charge is 0.122 e. The Kier molecular flexibility index (Phi) is 4.74. The highest BCUT2D eigenvalue weighted by molar-refractivity contribution is 6.31. The summed E-state index contributed by atoms with van der Waals surface area (Å²) in [6.45, 7) is 2.67. The summed E-state index contributed by atoms with van der Waals surface area (Å²) < 4.78 is 10.5. The van der Waals surface area contributed by atoms with Crippen molar-refractivity contribution in [3.05, 3.63) is 52.5 Å². The monoisotopic (exact) mass is 291 g/mol. The van der Waals surface area contributed by atoms with Crippen LogP contribution in [0.1, 0.15) is 11.1 Å². The van der Waals surface area contributed by atoms with Crippen LogP contribution in [0.4, 0.5) is 5.69 Å². The van der Waals surface area contributed by atoms with Crippen LogP contribution in [0.2, 0.25) is 5.02 Å². The average molecular weight is 292 g/mol. The van der Waals surface area contributed by atoms with Gasteiger partial charge in [-0.2, -0.15) is 0 Å². The maximum atomic E-state index is 6.11. The van der Waals surface area contributed by atoms with E-state index in [4.69, 9.17) is 21.1 Å². The van der Waals surface area contributed by atoms with E-state index >= 15 is 0 Å². The van der Waals surface area contributed by atoms with Crippen molar-refractivity contribution in [1.82, 2.24) is 0 Å². The maximum absolute atomic E-state index is 6.11. The molecule has 0 aliphatic heterocycles. The molecular weight excluding hydrogens is 274 g/mol. The summed E-state index contributed by atoms with van der Waals surface area (Å²) >= 11 is 6.11. The first-order chi connectivity index (χ1) is 9.63. The molecule has 0 saturated carbocycles. The fourth-order valence-corrected chi connectivity index (χ4v) is 2.14. The lowest BCUT2D eigenvalue weighted by Crippen LogP contribution is -2.02. The summed E-state index contributed by atoms with van der Waals surface area (Å²) in [5.74, 6) is 1.56. The quantitative estimate of drug-likeness (QED) is 0.892. The van der Waals surface area contributed by atoms with Gasteiger partial charge in [0.15, 0.2) is 0 Å². The molecule has 3 nitrogen and oxygen atoms in total. The minimum Gasteiger partial charge on any atom is -0.497 e. The van der Waals surface area contributed by atoms with Crippen LogP contribution in [0.5, 0.6) is 11.5 Å². The second-order valence-corrected chi connectivity index (χ2v) is 4.89. The number of benzene rings is 2. The molecule has 2 aromatic carbocycles. The third-order valence-corrected chi connectivity index (χ3v) is 3.57. The predicted octanol–water partition coefficient (Wildman–Crippen LogP) is 4.28. The number of hydrogen-bond donors (Lipinski definition) is 1. The van der Waals surface area contributed by atoms with Gasteiger partial charge in [-0.15, -0.1) is 0 Å². The van der Waals surface area contributed by atoms with Gasteiger partial charge in [0, 0.05) is 23.3 Å². The number of nitrogens with one attached hydrogen (secondary N) is 1. The highest BCUT2D eigenvalue weighted by Crippen LogP contribution is 2.26. The molecule has 0 aliphatic rings. The molecule has 0 heterocycles. The number of rotatable bonds is 5. The third-order valence-electron chi connectivity index (χ3n) is 3.16. The summed E-state index contributed by atoms with van der Waals surface area (Å²) in [5, 5.41) is 4.14. The zero-order valence-corrected chi connectivity index (χ0v) is 12.6. The molecule has 4 heteroatoms. The van der Waals surface area contributed by atoms with Crippen molar-refractivity contribution in [2.45, 2.75) is 13.5 Å². The molecule has 0 fully saturated rings. The van der Waals surface area contributed by atoms with Crippen molar-refractivity contribution in [3.63, 3.8) is 0 Å². The Morgan fingerprint density at radius 2 is 1.70 bits per heavy atom. The lowest BCUT2D eigenvalue weighted by molar-refractivity contribution is 0.393. The summed E-state index contributed by atoms with van der Waals surface area (Å²) in [6, 6.07) is 11.7. The first kappa shape index (κ1) is 14.5. The van der Waals surface area contributed by atoms with Crippen molar-refractivity contribution in [3.8, 4) is 11.5 Å². The number of hydrogen-bond acceptors (Lipinski definition) is 3. The molecule has 0 spiro atoms. The van der Waals surface area contributed by atoms with Gasteiger partial charge in [-0.25, -0.2) is 0 Å². The molecule has 2 aromatic rings. The van der Waals surface area contributed by atoms with Crippen molar-refractivity contribution in [1.29, 1.82) is 0 Å². The zero-order valence-electron chi connectivity index (χ0n) is 11.9. The van der Waals surface area contributed by atoms with Crippen LogP contribution in [0.25, 0.3) is 0 Å². The number of anilines is 1. The van der Waals surface area contributed by atoms with E-state index in [-0.39, 0.29) is 0 Å². The van der Waals surface area contributed by atoms with Crippen molar-refractivity contribution >= 4 is 17.3 Å². The Balaban J connectivity index is 2.16. The molecule has 0 aromatic heterocycles. The third kappa shape index (κ3) is 3.36. The molecule has 0 atom stereocenters. The van der Waals surface area contributed by atoms with Crippen molar-refractivity contribution in [2.75, 3.05) is 19.5 Å². The zero-order chi connectivity index (χ0) is 14.5. The molecule has 0 unspecified atom stereocenters. The van der Waals surface area contributed by atoms with Gasteiger partial charge in [-0.3, -0.25) is 0 Å². The van der Waals surface area contributed by atoms with Gasteiger partial charge < -0.3 is 14.8 Å². The van der Waals surface area contributed by atoms with Crippen LogP contribution in [0, 0.1) is 6.92 Å². The normalized spacial score (nSPS) is 10.2. The maximum Gasteiger partial charge on any atom is 0.122 e. The fourth-order valence-electron chi connectivity index (χ4n) is 1.96. The molecule has 106 valence electrons. The Morgan fingerprint density at radius 3 is 2.30 bits per heavy atom. The Morgan fingerprint density at radius 1 is 1.05 bits per heavy atom. The van der Waals surface area contributed by atoms with E-state index in [2.05, 4.69) is 5.32 Å². The van der Waals surface area contributed by atoms with Crippen LogP contribution < -0.4 is 14.8 Å². The Bertz CT molecular complexity index is 577. The standard InChI is InChI=1S/C16H18ClNO2/c1-11-15(17)5-4-6-16(11)18-10-12-7-13(19-2)9-14(8-12)20-3/h4-9,18H,10H2,1-3H3. The first-order valence-corrected chi connectivity index (χ1v) is 6.72. The lowest BCUT2D eigenvalue weighted by atomic mass is 10.1. The average Bonchev–Trinajstić information content (AvgIpc) is 2.48. The van der Waals surface area contributed by atoms with Gasteiger partial charge in [-0.1, -0.05) is 17.7 Å². The topological polar surface area (TPSA) is 30.5 Å². The molecule has 0 saturated heterocycles. The van der Waals surface area contributed by atoms with Gasteiger partial charge in [0.05, 0.1) is 14.2 Å². The van der Waals surface area contributed by atoms with E-state index in [1.54, 1.807) is 14.2 Å². The SMILES string of the molecule is COc1cc(CNc2cccc(Cl)c2C)cc(OC)c1. The number of methoxy groups -OCH3 is 2. The fraction of sp³-hybridized carbons (Fsp3) is 0.250. The van der Waals surface area contributed by atoms with Crippen LogP contribution in [0.15, 0.2) is 36.4 Å². The van der Waals surface area contributed by atoms with Gasteiger partial charge >= 0.3 is 0 Å². The lowest BCUT2D eigenvalue weighted by Gasteiger charge is -2.12. The minimum absolute atomic E-state index is 0.675. The second kappa shape index (κ2) is 6.53. The predicted molar refractivity (Wildman–Crippen MR) is 83.1 cm³/mol. The van der Waals surface area contributed by atoms with Crippen LogP contribution >= 0.6 is 11.6 Å². The van der Waals surface area contributed by atoms with Crippen LogP contribution in [0.3, 0.4) is 0 Å². The molecule has 20 heavy (non-hydrogen) atoms. The van der Waals surface area contributed by atoms with E-state index in [1.165, 1.54) is 0 Å². The second-order valence-electron chi connectivity index (χ2n) is 4.49. The van der Waals surface area contributed by atoms with E-state index in [1.807, 2.05) is 43.3 Å². The Hall–Kier alpha value is -1.87. The van der Waals surface area contributed by atoms with Gasteiger partial charge in [-0.05, 0) is 42.3 Å². The number of ether oxygens (including phenoxy) is 2. The van der Waals surface area contributed by atoms with E-state index in [0.29, 0.717) is 6.54 Å². The molecule has 0 aliphatic carbocycles. The molecule has 2 rings (SSSR count). The summed E-state index contributed by atoms with van der Waals surface area (Å²) in [4.78, 5) is 0. The van der Waals surface area contributed by atoms with Crippen molar-refractivity contribution < 1.29 is 9.47 Å². The first-order valence-electron chi connectivity index (χ1n) is 6.35. The molecule has 0 bridgehead atoms. The molecule has 1 N–H and O–H groups in total. The van der Waals surface area contributed by atoms with E-state index < -0.39 is 0 Å². The Labute approximate surface area is 124 Å². The molecule has 0 amide bonds. The highest BCUT2D eigenvalue weighted by Gasteiger charge is 2.04. The summed E-state index contributed by atoms with van der Waals surface area (Å²) in [6.07, 6.45) is 0. The summed E-state index contributed by atoms with van der Waals surface area (Å²) in [7, 11) is 3.29. The minimum atomic E-state index is 0.675. The van der Waals surface area contributed by atoms with E-state index in [0.717, 1.165) is 33.3 Å². The molecular formula is C16H18ClNO2. The largest absolute Gasteiger partial charge is 0.497 e. The van der Waals surface area contributed by atoms with Gasteiger partial charge in [0.1, 0.15) is 11.5 Å². The van der Waals surface area contributed by atoms with E-state index in [9.17, 15) is 0 Å². The summed E-state index contributed by atoms with van der Waals surface area (Å²) in [5.41, 5.74) is 3.16. The van der Waals surface area contributed by atoms with Crippen molar-refractivity contribution in [2.24, 2.45) is 0 Å². The molecule has 0 radical (unpaired) electrons. The highest BCUT2D eigenvalue weighted by atomic mass is 35.5. The van der Waals surface area contributed by atoms with Gasteiger partial charge in [0.2, 0.25) is 0 Å². The number of halogens is 1.